The molecule has 0 aliphatic rings. The van der Waals surface area contributed by atoms with Gasteiger partial charge >= 0.3 is 0 Å². The molecule has 5 rings (SSSR count). The van der Waals surface area contributed by atoms with Gasteiger partial charge in [-0.3, -0.25) is 9.59 Å². The second-order valence-corrected chi connectivity index (χ2v) is 8.89. The summed E-state index contributed by atoms with van der Waals surface area (Å²) in [6, 6.07) is 22.3. The molecule has 0 fully saturated rings. The molecule has 3 aromatic carbocycles. The highest BCUT2D eigenvalue weighted by molar-refractivity contribution is 9.10. The van der Waals surface area contributed by atoms with E-state index in [2.05, 4.69) is 26.2 Å². The van der Waals surface area contributed by atoms with Crippen LogP contribution in [0.25, 0.3) is 22.1 Å². The normalized spacial score (nSPS) is 11.8. The number of fused-ring (bicyclic) bond motifs is 3. The van der Waals surface area contributed by atoms with Crippen LogP contribution in [0.2, 0.25) is 0 Å². The summed E-state index contributed by atoms with van der Waals surface area (Å²) >= 11 is 4.84. The maximum atomic E-state index is 12.9. The van der Waals surface area contributed by atoms with E-state index in [1.165, 1.54) is 11.3 Å². The lowest BCUT2D eigenvalue weighted by Gasteiger charge is -2.09. The zero-order valence-electron chi connectivity index (χ0n) is 16.6. The second kappa shape index (κ2) is 8.57. The molecule has 0 unspecified atom stereocenters. The van der Waals surface area contributed by atoms with E-state index in [9.17, 15) is 9.59 Å². The minimum Gasteiger partial charge on any atom is -0.483 e. The van der Waals surface area contributed by atoms with Gasteiger partial charge < -0.3 is 10.1 Å². The van der Waals surface area contributed by atoms with Crippen molar-refractivity contribution in [3.05, 3.63) is 97.7 Å². The summed E-state index contributed by atoms with van der Waals surface area (Å²) in [7, 11) is 0. The fraction of sp³-hybridized carbons (Fsp3) is 0.0417. The number of amides is 1. The molecular formula is C24H16BrN3O3S. The molecule has 2 aromatic heterocycles. The van der Waals surface area contributed by atoms with E-state index in [-0.39, 0.29) is 18.1 Å². The van der Waals surface area contributed by atoms with Gasteiger partial charge in [0.25, 0.3) is 11.5 Å². The van der Waals surface area contributed by atoms with E-state index in [4.69, 9.17) is 4.74 Å². The van der Waals surface area contributed by atoms with Crippen molar-refractivity contribution < 1.29 is 9.53 Å². The standard InChI is InChI=1S/C24H16BrN3O3S/c25-17-12-15(10-11-20(17)31-14-22(29)26-16-6-2-1-3-7-16)13-21-23(30)28-19-9-5-4-8-18(19)27-24(28)32-21/h1-13H,14H2,(H,26,29)/b21-13-. The van der Waals surface area contributed by atoms with E-state index < -0.39 is 0 Å². The van der Waals surface area contributed by atoms with Gasteiger partial charge in [0.1, 0.15) is 5.75 Å². The van der Waals surface area contributed by atoms with Gasteiger partial charge in [-0.2, -0.15) is 0 Å². The van der Waals surface area contributed by atoms with E-state index in [0.717, 1.165) is 16.6 Å². The summed E-state index contributed by atoms with van der Waals surface area (Å²) in [6.07, 6.45) is 1.83. The number of carbonyl (C=O) groups excluding carboxylic acids is 1. The lowest BCUT2D eigenvalue weighted by atomic mass is 10.2. The number of anilines is 1. The van der Waals surface area contributed by atoms with Crippen molar-refractivity contribution in [2.75, 3.05) is 11.9 Å². The van der Waals surface area contributed by atoms with Crippen LogP contribution in [0.5, 0.6) is 5.75 Å². The van der Waals surface area contributed by atoms with Gasteiger partial charge in [-0.15, -0.1) is 0 Å². The predicted octanol–water partition coefficient (Wildman–Crippen LogP) is 4.24. The van der Waals surface area contributed by atoms with Crippen LogP contribution in [-0.2, 0) is 4.79 Å². The number of thiazole rings is 1. The highest BCUT2D eigenvalue weighted by Gasteiger charge is 2.11. The molecule has 6 nitrogen and oxygen atoms in total. The highest BCUT2D eigenvalue weighted by atomic mass is 79.9. The molecule has 32 heavy (non-hydrogen) atoms. The Kier molecular flexibility index (Phi) is 5.46. The van der Waals surface area contributed by atoms with E-state index in [1.54, 1.807) is 10.5 Å². The molecule has 0 aliphatic carbocycles. The number of ether oxygens (including phenoxy) is 1. The summed E-state index contributed by atoms with van der Waals surface area (Å²) in [5.41, 5.74) is 3.08. The third kappa shape index (κ3) is 4.02. The molecule has 0 radical (unpaired) electrons. The smallest absolute Gasteiger partial charge is 0.274 e. The van der Waals surface area contributed by atoms with Crippen LogP contribution >= 0.6 is 27.3 Å². The number of nitrogens with zero attached hydrogens (tertiary/aromatic N) is 2. The van der Waals surface area contributed by atoms with Crippen LogP contribution in [0.1, 0.15) is 5.56 Å². The van der Waals surface area contributed by atoms with E-state index >= 15 is 0 Å². The zero-order chi connectivity index (χ0) is 22.1. The van der Waals surface area contributed by atoms with Gasteiger partial charge in [0.2, 0.25) is 0 Å². The van der Waals surface area contributed by atoms with Crippen LogP contribution in [0.3, 0.4) is 0 Å². The lowest BCUT2D eigenvalue weighted by molar-refractivity contribution is -0.118. The Labute approximate surface area is 194 Å². The molecule has 1 N–H and O–H groups in total. The average molecular weight is 506 g/mol. The maximum absolute atomic E-state index is 12.9. The number of rotatable bonds is 5. The molecule has 0 aliphatic heterocycles. The third-order valence-electron chi connectivity index (χ3n) is 4.82. The van der Waals surface area contributed by atoms with Gasteiger partial charge in [-0.25, -0.2) is 9.38 Å². The Balaban J connectivity index is 1.35. The molecule has 0 saturated heterocycles. The Bertz CT molecular complexity index is 1560. The topological polar surface area (TPSA) is 72.7 Å². The average Bonchev–Trinajstić information content (AvgIpc) is 3.30. The Morgan fingerprint density at radius 1 is 1.09 bits per heavy atom. The summed E-state index contributed by atoms with van der Waals surface area (Å²) < 4.78 is 8.57. The van der Waals surface area contributed by atoms with Crippen molar-refractivity contribution in [3.8, 4) is 5.75 Å². The van der Waals surface area contributed by atoms with Crippen LogP contribution in [0.4, 0.5) is 5.69 Å². The first-order valence-corrected chi connectivity index (χ1v) is 11.4. The monoisotopic (exact) mass is 505 g/mol. The molecule has 5 aromatic rings. The van der Waals surface area contributed by atoms with Crippen LogP contribution in [0.15, 0.2) is 82.1 Å². The number of halogens is 1. The molecule has 0 spiro atoms. The Morgan fingerprint density at radius 3 is 2.69 bits per heavy atom. The Hall–Kier alpha value is -3.49. The van der Waals surface area contributed by atoms with Gasteiger partial charge in [0.15, 0.2) is 11.6 Å². The number of hydrogen-bond acceptors (Lipinski definition) is 5. The quantitative estimate of drug-likeness (QED) is 0.387. The van der Waals surface area contributed by atoms with Crippen molar-refractivity contribution in [2.24, 2.45) is 0 Å². The first-order chi connectivity index (χ1) is 15.6. The number of para-hydroxylation sites is 3. The predicted molar refractivity (Wildman–Crippen MR) is 130 cm³/mol. The van der Waals surface area contributed by atoms with Gasteiger partial charge in [0.05, 0.1) is 20.0 Å². The number of carbonyl (C=O) groups is 1. The second-order valence-electron chi connectivity index (χ2n) is 7.03. The van der Waals surface area contributed by atoms with Crippen molar-refractivity contribution in [1.29, 1.82) is 0 Å². The molecule has 2 heterocycles. The maximum Gasteiger partial charge on any atom is 0.274 e. The van der Waals surface area contributed by atoms with Crippen LogP contribution in [-0.4, -0.2) is 21.9 Å². The summed E-state index contributed by atoms with van der Waals surface area (Å²) in [5.74, 6) is 0.295. The number of aromatic nitrogens is 2. The van der Waals surface area contributed by atoms with Gasteiger partial charge in [-0.05, 0) is 64.0 Å². The van der Waals surface area contributed by atoms with E-state index in [0.29, 0.717) is 25.4 Å². The van der Waals surface area contributed by atoms with Crippen molar-refractivity contribution in [3.63, 3.8) is 0 Å². The number of hydrogen-bond donors (Lipinski definition) is 1. The van der Waals surface area contributed by atoms with E-state index in [1.807, 2.05) is 72.8 Å². The fourth-order valence-electron chi connectivity index (χ4n) is 3.35. The van der Waals surface area contributed by atoms with Crippen LogP contribution in [0, 0.1) is 0 Å². The molecule has 0 bridgehead atoms. The van der Waals surface area contributed by atoms with Gasteiger partial charge in [0, 0.05) is 5.69 Å². The molecule has 0 atom stereocenters. The molecule has 1 amide bonds. The lowest BCUT2D eigenvalue weighted by Crippen LogP contribution is -2.22. The SMILES string of the molecule is O=C(COc1ccc(/C=c2\sc3nc4ccccc4n3c2=O)cc1Br)Nc1ccccc1. The van der Waals surface area contributed by atoms with Gasteiger partial charge in [-0.1, -0.05) is 47.7 Å². The molecule has 158 valence electrons. The molecular weight excluding hydrogens is 490 g/mol. The number of imidazole rings is 1. The highest BCUT2D eigenvalue weighted by Crippen LogP contribution is 2.26. The van der Waals surface area contributed by atoms with Crippen molar-refractivity contribution >= 4 is 60.9 Å². The summed E-state index contributed by atoms with van der Waals surface area (Å²) in [4.78, 5) is 30.2. The summed E-state index contributed by atoms with van der Waals surface area (Å²) in [6.45, 7) is -0.115. The Morgan fingerprint density at radius 2 is 1.88 bits per heavy atom. The number of benzene rings is 3. The minimum absolute atomic E-state index is 0.0901. The van der Waals surface area contributed by atoms with Crippen molar-refractivity contribution in [2.45, 2.75) is 0 Å². The molecule has 0 saturated carbocycles. The third-order valence-corrected chi connectivity index (χ3v) is 6.40. The minimum atomic E-state index is -0.246. The number of nitrogens with one attached hydrogen (secondary N) is 1. The summed E-state index contributed by atoms with van der Waals surface area (Å²) in [5, 5.41) is 2.78. The first-order valence-electron chi connectivity index (χ1n) is 9.77. The van der Waals surface area contributed by atoms with Crippen LogP contribution < -0.4 is 20.1 Å². The van der Waals surface area contributed by atoms with Crippen molar-refractivity contribution in [1.82, 2.24) is 9.38 Å². The molecule has 8 heteroatoms. The fourth-order valence-corrected chi connectivity index (χ4v) is 4.85. The zero-order valence-corrected chi connectivity index (χ0v) is 19.0. The largest absolute Gasteiger partial charge is 0.483 e. The first kappa shape index (κ1) is 20.4.